The third-order valence-corrected chi connectivity index (χ3v) is 10.2. The van der Waals surface area contributed by atoms with Crippen molar-refractivity contribution in [1.29, 1.82) is 0 Å². The first kappa shape index (κ1) is 27.7. The Morgan fingerprint density at radius 1 is 1.10 bits per heavy atom. The van der Waals surface area contributed by atoms with Crippen LogP contribution < -0.4 is 9.47 Å². The Hall–Kier alpha value is -2.83. The van der Waals surface area contributed by atoms with Gasteiger partial charge in [0.2, 0.25) is 5.91 Å². The number of alkyl halides is 2. The van der Waals surface area contributed by atoms with E-state index in [4.69, 9.17) is 9.47 Å². The number of aromatic hydroxyl groups is 1. The quantitative estimate of drug-likeness (QED) is 0.409. The summed E-state index contributed by atoms with van der Waals surface area (Å²) in [5, 5.41) is 9.95. The summed E-state index contributed by atoms with van der Waals surface area (Å²) >= 11 is 0. The molecule has 2 aromatic carbocycles. The normalized spacial score (nSPS) is 28.7. The molecule has 5 nitrogen and oxygen atoms in total. The van der Waals surface area contributed by atoms with Gasteiger partial charge in [0.25, 0.3) is 5.92 Å². The summed E-state index contributed by atoms with van der Waals surface area (Å²) in [7, 11) is 4.99. The van der Waals surface area contributed by atoms with Crippen LogP contribution in [-0.4, -0.2) is 49.6 Å². The highest BCUT2D eigenvalue weighted by Gasteiger charge is 2.67. The second kappa shape index (κ2) is 10.6. The number of rotatable bonds is 8. The molecule has 0 bridgehead atoms. The summed E-state index contributed by atoms with van der Waals surface area (Å²) in [6.07, 6.45) is 4.28. The first-order valence-electron chi connectivity index (χ1n) is 14.2. The van der Waals surface area contributed by atoms with Gasteiger partial charge >= 0.3 is 0 Å². The van der Waals surface area contributed by atoms with Crippen LogP contribution in [0.3, 0.4) is 0 Å². The summed E-state index contributed by atoms with van der Waals surface area (Å²) in [5.74, 6) is -0.947. The van der Waals surface area contributed by atoms with E-state index in [1.807, 2.05) is 30.3 Å². The average Bonchev–Trinajstić information content (AvgIpc) is 3.14. The van der Waals surface area contributed by atoms with Gasteiger partial charge in [-0.05, 0) is 103 Å². The standard InChI is InChI=1S/C32H41F2NO4/c1-31-15-13-25-24-10-8-23(36)18-21(24)6-9-26(25)30(31)22(19-32(31,33)34)7-12-29(37)35(2)16-14-20-5-11-27(38-3)28(17-20)39-4/h5,8,10-11,17-18,22,25-26,30,36H,6-7,9,12-16,19H2,1-4H3/t22-,25-,26-,30+,31+/m1/s1. The van der Waals surface area contributed by atoms with Gasteiger partial charge in [0.15, 0.2) is 11.5 Å². The van der Waals surface area contributed by atoms with Crippen molar-refractivity contribution in [3.8, 4) is 17.2 Å². The maximum absolute atomic E-state index is 15.6. The Morgan fingerprint density at radius 2 is 1.87 bits per heavy atom. The van der Waals surface area contributed by atoms with Crippen molar-refractivity contribution in [1.82, 2.24) is 4.90 Å². The lowest BCUT2D eigenvalue weighted by Gasteiger charge is -2.51. The molecule has 39 heavy (non-hydrogen) atoms. The smallest absolute Gasteiger partial charge is 0.253 e. The Bertz CT molecular complexity index is 1220. The van der Waals surface area contributed by atoms with Gasteiger partial charge in [-0.15, -0.1) is 0 Å². The number of phenolic OH excluding ortho intramolecular Hbond substituents is 1. The molecular weight excluding hydrogens is 500 g/mol. The van der Waals surface area contributed by atoms with Gasteiger partial charge in [-0.25, -0.2) is 8.78 Å². The number of aryl methyl sites for hydroxylation is 1. The van der Waals surface area contributed by atoms with Gasteiger partial charge in [0.05, 0.1) is 14.2 Å². The molecule has 0 saturated heterocycles. The van der Waals surface area contributed by atoms with E-state index in [0.717, 1.165) is 30.4 Å². The van der Waals surface area contributed by atoms with Crippen LogP contribution in [0.1, 0.15) is 68.1 Å². The minimum Gasteiger partial charge on any atom is -0.508 e. The third-order valence-electron chi connectivity index (χ3n) is 10.2. The lowest BCUT2D eigenvalue weighted by molar-refractivity contribution is -0.133. The van der Waals surface area contributed by atoms with Crippen molar-refractivity contribution in [3.63, 3.8) is 0 Å². The molecule has 0 radical (unpaired) electrons. The zero-order valence-electron chi connectivity index (χ0n) is 23.5. The number of hydrogen-bond donors (Lipinski definition) is 1. The first-order chi connectivity index (χ1) is 18.6. The van der Waals surface area contributed by atoms with E-state index in [0.29, 0.717) is 37.3 Å². The molecule has 2 aromatic rings. The highest BCUT2D eigenvalue weighted by Crippen LogP contribution is 2.68. The highest BCUT2D eigenvalue weighted by atomic mass is 19.3. The fraction of sp³-hybridized carbons (Fsp3) is 0.594. The number of likely N-dealkylation sites (N-methyl/N-ethyl adjacent to an activating group) is 1. The van der Waals surface area contributed by atoms with Gasteiger partial charge in [0.1, 0.15) is 5.75 Å². The monoisotopic (exact) mass is 541 g/mol. The maximum Gasteiger partial charge on any atom is 0.253 e. The molecule has 2 saturated carbocycles. The molecule has 1 N–H and O–H groups in total. The number of amides is 1. The molecule has 3 aliphatic rings. The summed E-state index contributed by atoms with van der Waals surface area (Å²) in [5.41, 5.74) is 2.41. The Kier molecular flexibility index (Phi) is 7.55. The lowest BCUT2D eigenvalue weighted by Crippen LogP contribution is -2.47. The van der Waals surface area contributed by atoms with Crippen LogP contribution in [0.2, 0.25) is 0 Å². The second-order valence-electron chi connectivity index (χ2n) is 12.1. The molecule has 5 rings (SSSR count). The number of nitrogens with zero attached hydrogens (tertiary/aromatic N) is 1. The van der Waals surface area contributed by atoms with Crippen molar-refractivity contribution >= 4 is 5.91 Å². The van der Waals surface area contributed by atoms with Crippen LogP contribution in [0.4, 0.5) is 8.78 Å². The van der Waals surface area contributed by atoms with Crippen LogP contribution in [0.15, 0.2) is 36.4 Å². The van der Waals surface area contributed by atoms with Gasteiger partial charge in [-0.2, -0.15) is 0 Å². The molecule has 0 spiro atoms. The number of methoxy groups -OCH3 is 2. The average molecular weight is 542 g/mol. The van der Waals surface area contributed by atoms with Gasteiger partial charge in [-0.1, -0.05) is 19.1 Å². The molecule has 7 heteroatoms. The molecule has 0 unspecified atom stereocenters. The van der Waals surface area contributed by atoms with Crippen LogP contribution in [0, 0.1) is 23.2 Å². The van der Waals surface area contributed by atoms with Crippen LogP contribution in [0.25, 0.3) is 0 Å². The van der Waals surface area contributed by atoms with Crippen molar-refractivity contribution in [2.45, 2.75) is 70.1 Å². The second-order valence-corrected chi connectivity index (χ2v) is 12.1. The lowest BCUT2D eigenvalue weighted by atomic mass is 9.53. The molecule has 212 valence electrons. The van der Waals surface area contributed by atoms with Crippen molar-refractivity contribution in [2.24, 2.45) is 23.2 Å². The number of ether oxygens (including phenoxy) is 2. The molecule has 0 heterocycles. The van der Waals surface area contributed by atoms with Crippen LogP contribution in [-0.2, 0) is 17.6 Å². The number of phenols is 1. The topological polar surface area (TPSA) is 59.0 Å². The summed E-state index contributed by atoms with van der Waals surface area (Å²) < 4.78 is 41.8. The van der Waals surface area contributed by atoms with E-state index >= 15 is 8.78 Å². The molecular formula is C32H41F2NO4. The summed E-state index contributed by atoms with van der Waals surface area (Å²) in [6.45, 7) is 2.35. The van der Waals surface area contributed by atoms with E-state index in [-0.39, 0.29) is 48.2 Å². The van der Waals surface area contributed by atoms with E-state index in [1.165, 1.54) is 5.56 Å². The number of hydrogen-bond acceptors (Lipinski definition) is 4. The highest BCUT2D eigenvalue weighted by molar-refractivity contribution is 5.75. The molecule has 1 amide bonds. The molecule has 0 aliphatic heterocycles. The van der Waals surface area contributed by atoms with Crippen molar-refractivity contribution in [3.05, 3.63) is 53.1 Å². The van der Waals surface area contributed by atoms with Gasteiger partial charge < -0.3 is 19.5 Å². The minimum atomic E-state index is -2.72. The zero-order valence-corrected chi connectivity index (χ0v) is 23.5. The fourth-order valence-corrected chi connectivity index (χ4v) is 8.04. The Balaban J connectivity index is 1.25. The number of fused-ring (bicyclic) bond motifs is 5. The minimum absolute atomic E-state index is 0.00391. The Morgan fingerprint density at radius 3 is 2.62 bits per heavy atom. The van der Waals surface area contributed by atoms with Gasteiger partial charge in [0, 0.05) is 31.8 Å². The Labute approximate surface area is 230 Å². The summed E-state index contributed by atoms with van der Waals surface area (Å²) in [4.78, 5) is 14.8. The van der Waals surface area contributed by atoms with Crippen LogP contribution >= 0.6 is 0 Å². The van der Waals surface area contributed by atoms with E-state index in [1.54, 1.807) is 39.2 Å². The van der Waals surface area contributed by atoms with Crippen molar-refractivity contribution in [2.75, 3.05) is 27.8 Å². The number of halogens is 2. The van der Waals surface area contributed by atoms with E-state index in [9.17, 15) is 9.90 Å². The fourth-order valence-electron chi connectivity index (χ4n) is 8.04. The van der Waals surface area contributed by atoms with E-state index < -0.39 is 11.3 Å². The molecule has 2 fully saturated rings. The van der Waals surface area contributed by atoms with Gasteiger partial charge in [-0.3, -0.25) is 4.79 Å². The first-order valence-corrected chi connectivity index (χ1v) is 14.2. The van der Waals surface area contributed by atoms with Crippen LogP contribution in [0.5, 0.6) is 17.2 Å². The SMILES string of the molecule is COc1ccc(CCN(C)C(=O)CC[C@@H]2CC(F)(F)[C@@]3(C)CC[C@@H]4c5ccc(O)cc5CC[C@H]4[C@H]23)cc1OC. The number of benzene rings is 2. The maximum atomic E-state index is 15.6. The largest absolute Gasteiger partial charge is 0.508 e. The molecule has 3 aliphatic carbocycles. The predicted molar refractivity (Wildman–Crippen MR) is 147 cm³/mol. The third kappa shape index (κ3) is 4.98. The molecule has 5 atom stereocenters. The summed E-state index contributed by atoms with van der Waals surface area (Å²) in [6, 6.07) is 11.3. The zero-order chi connectivity index (χ0) is 27.9. The number of carbonyl (C=O) groups excluding carboxylic acids is 1. The van der Waals surface area contributed by atoms with E-state index in [2.05, 4.69) is 0 Å². The van der Waals surface area contributed by atoms with Crippen molar-refractivity contribution < 1.29 is 28.2 Å². The predicted octanol–water partition coefficient (Wildman–Crippen LogP) is 6.61. The number of carbonyl (C=O) groups is 1. The molecule has 0 aromatic heterocycles.